The van der Waals surface area contributed by atoms with E-state index < -0.39 is 18.0 Å². The molecule has 2 aromatic rings. The van der Waals surface area contributed by atoms with Crippen molar-refractivity contribution in [3.63, 3.8) is 0 Å². The van der Waals surface area contributed by atoms with Gasteiger partial charge in [-0.25, -0.2) is 5.01 Å². The van der Waals surface area contributed by atoms with Gasteiger partial charge in [0.25, 0.3) is 0 Å². The third-order valence-electron chi connectivity index (χ3n) is 6.51. The number of methoxy groups -OCH3 is 2. The summed E-state index contributed by atoms with van der Waals surface area (Å²) in [5.74, 6) is 1.80. The van der Waals surface area contributed by atoms with Gasteiger partial charge in [0, 0.05) is 41.1 Å². The Balaban J connectivity index is 1.67. The van der Waals surface area contributed by atoms with Crippen molar-refractivity contribution in [2.24, 2.45) is 5.10 Å². The molecule has 5 rings (SSSR count). The molecule has 0 amide bonds. The fourth-order valence-electron chi connectivity index (χ4n) is 4.73. The number of ether oxygens (including phenoxy) is 2. The molecule has 1 fully saturated rings. The summed E-state index contributed by atoms with van der Waals surface area (Å²) < 4.78 is 53.1. The van der Waals surface area contributed by atoms with E-state index in [9.17, 15) is 18.3 Å². The lowest BCUT2D eigenvalue weighted by Crippen LogP contribution is -2.38. The predicted octanol–water partition coefficient (Wildman–Crippen LogP) is 5.26. The Bertz CT molecular complexity index is 1170. The number of alkyl halides is 3. The van der Waals surface area contributed by atoms with Gasteiger partial charge in [-0.3, -0.25) is 0 Å². The van der Waals surface area contributed by atoms with Gasteiger partial charge in [0.15, 0.2) is 6.23 Å². The highest BCUT2D eigenvalue weighted by Gasteiger charge is 2.40. The minimum Gasteiger partial charge on any atom is -0.497 e. The van der Waals surface area contributed by atoms with Crippen LogP contribution in [0.15, 0.2) is 52.0 Å². The van der Waals surface area contributed by atoms with Crippen LogP contribution in [-0.4, -0.2) is 50.1 Å². The third-order valence-corrected chi connectivity index (χ3v) is 7.66. The van der Waals surface area contributed by atoms with E-state index in [2.05, 4.69) is 10.0 Å². The molecule has 186 valence electrons. The van der Waals surface area contributed by atoms with Gasteiger partial charge in [0.05, 0.1) is 25.5 Å². The summed E-state index contributed by atoms with van der Waals surface area (Å²) in [7, 11) is 3.07. The molecule has 1 unspecified atom stereocenters. The zero-order chi connectivity index (χ0) is 24.7. The number of thioether (sulfide) groups is 1. The minimum absolute atomic E-state index is 0.162. The molecular formula is C25H26F3N3O3S. The number of nitrogens with zero attached hydrogens (tertiary/aromatic N) is 3. The van der Waals surface area contributed by atoms with Gasteiger partial charge in [-0.2, -0.15) is 18.3 Å². The second-order valence-corrected chi connectivity index (χ2v) is 9.72. The number of allylic oxidation sites excluding steroid dienone is 1. The second kappa shape index (κ2) is 9.31. The fourth-order valence-corrected chi connectivity index (χ4v) is 5.95. The van der Waals surface area contributed by atoms with Crippen molar-refractivity contribution >= 4 is 28.8 Å². The Labute approximate surface area is 206 Å². The van der Waals surface area contributed by atoms with Crippen LogP contribution >= 0.6 is 11.8 Å². The fraction of sp³-hybridized carbons (Fsp3) is 0.400. The molecule has 1 N–H and O–H groups in total. The highest BCUT2D eigenvalue weighted by atomic mass is 32.2. The number of hydrogen-bond donors (Lipinski definition) is 1. The van der Waals surface area contributed by atoms with Crippen LogP contribution in [0.3, 0.4) is 0 Å². The van der Waals surface area contributed by atoms with E-state index in [1.807, 2.05) is 0 Å². The number of hydrazone groups is 1. The largest absolute Gasteiger partial charge is 0.497 e. The summed E-state index contributed by atoms with van der Waals surface area (Å²) in [5.41, 5.74) is 1.50. The van der Waals surface area contributed by atoms with Crippen LogP contribution in [0.25, 0.3) is 0 Å². The molecule has 1 atom stereocenters. The maximum absolute atomic E-state index is 14.1. The lowest BCUT2D eigenvalue weighted by Gasteiger charge is -2.34. The molecule has 1 saturated heterocycles. The standard InChI is InChI=1S/C25H26F3N3O3S/c1-33-17-11-15(12-18(14-17)34-2)22-23-19(7-10-35-23)24(32)31(29-22)21-13-16(30-8-3-4-9-30)5-6-20(21)25(26,27)28/h5-6,11-14,24,32H,3-4,7-10H2,1-2H3. The summed E-state index contributed by atoms with van der Waals surface area (Å²) in [4.78, 5) is 2.85. The number of rotatable bonds is 5. The van der Waals surface area contributed by atoms with E-state index in [-0.39, 0.29) is 5.69 Å². The lowest BCUT2D eigenvalue weighted by atomic mass is 10.0. The Morgan fingerprint density at radius 1 is 1.03 bits per heavy atom. The third kappa shape index (κ3) is 4.45. The number of benzene rings is 2. The SMILES string of the molecule is COc1cc(OC)cc(C2=NN(c3cc(N4CCCC4)ccc3C(F)(F)F)C(O)C3=C2SCC3)c1. The van der Waals surface area contributed by atoms with E-state index in [0.29, 0.717) is 40.5 Å². The maximum Gasteiger partial charge on any atom is 0.418 e. The highest BCUT2D eigenvalue weighted by molar-refractivity contribution is 8.04. The number of halogens is 3. The van der Waals surface area contributed by atoms with Gasteiger partial charge in [-0.05, 0) is 55.2 Å². The first-order valence-corrected chi connectivity index (χ1v) is 12.4. The van der Waals surface area contributed by atoms with Gasteiger partial charge in [0.2, 0.25) is 0 Å². The topological polar surface area (TPSA) is 57.5 Å². The smallest absolute Gasteiger partial charge is 0.418 e. The lowest BCUT2D eigenvalue weighted by molar-refractivity contribution is -0.137. The van der Waals surface area contributed by atoms with E-state index in [4.69, 9.17) is 9.47 Å². The average molecular weight is 506 g/mol. The Kier molecular flexibility index (Phi) is 6.35. The van der Waals surface area contributed by atoms with Crippen LogP contribution in [-0.2, 0) is 6.18 Å². The summed E-state index contributed by atoms with van der Waals surface area (Å²) in [6.45, 7) is 1.58. The summed E-state index contributed by atoms with van der Waals surface area (Å²) >= 11 is 1.54. The molecule has 3 aliphatic heterocycles. The molecule has 0 aliphatic carbocycles. The number of aliphatic hydroxyl groups is 1. The second-order valence-electron chi connectivity index (χ2n) is 8.61. The molecular weight excluding hydrogens is 479 g/mol. The monoisotopic (exact) mass is 505 g/mol. The van der Waals surface area contributed by atoms with Crippen molar-refractivity contribution in [1.29, 1.82) is 0 Å². The van der Waals surface area contributed by atoms with E-state index in [0.717, 1.165) is 47.7 Å². The summed E-state index contributed by atoms with van der Waals surface area (Å²) in [6, 6.07) is 9.35. The molecule has 10 heteroatoms. The highest BCUT2D eigenvalue weighted by Crippen LogP contribution is 2.45. The first-order chi connectivity index (χ1) is 16.8. The maximum atomic E-state index is 14.1. The molecule has 0 aromatic heterocycles. The first kappa shape index (κ1) is 23.9. The van der Waals surface area contributed by atoms with Crippen molar-refractivity contribution in [3.8, 4) is 11.5 Å². The molecule has 3 heterocycles. The quantitative estimate of drug-likeness (QED) is 0.599. The molecule has 35 heavy (non-hydrogen) atoms. The molecule has 0 radical (unpaired) electrons. The predicted molar refractivity (Wildman–Crippen MR) is 132 cm³/mol. The Morgan fingerprint density at radius 3 is 2.34 bits per heavy atom. The van der Waals surface area contributed by atoms with Gasteiger partial charge in [-0.1, -0.05) is 0 Å². The van der Waals surface area contributed by atoms with Crippen LogP contribution in [0.1, 0.15) is 30.4 Å². The number of aliphatic hydroxyl groups excluding tert-OH is 1. The van der Waals surface area contributed by atoms with Gasteiger partial charge < -0.3 is 19.5 Å². The van der Waals surface area contributed by atoms with Gasteiger partial charge >= 0.3 is 6.18 Å². The zero-order valence-corrected chi connectivity index (χ0v) is 20.2. The van der Waals surface area contributed by atoms with Crippen molar-refractivity contribution in [1.82, 2.24) is 0 Å². The zero-order valence-electron chi connectivity index (χ0n) is 19.4. The Morgan fingerprint density at radius 2 is 1.71 bits per heavy atom. The van der Waals surface area contributed by atoms with Crippen molar-refractivity contribution in [2.45, 2.75) is 31.7 Å². The first-order valence-electron chi connectivity index (χ1n) is 11.4. The normalized spacial score (nSPS) is 20.3. The van der Waals surface area contributed by atoms with Crippen LogP contribution in [0.2, 0.25) is 0 Å². The molecule has 2 aromatic carbocycles. The van der Waals surface area contributed by atoms with E-state index >= 15 is 0 Å². The minimum atomic E-state index is -4.60. The van der Waals surface area contributed by atoms with Crippen molar-refractivity contribution in [3.05, 3.63) is 58.0 Å². The van der Waals surface area contributed by atoms with Gasteiger partial charge in [-0.15, -0.1) is 11.8 Å². The summed E-state index contributed by atoms with van der Waals surface area (Å²) in [6.07, 6.45) is -3.34. The molecule has 3 aliphatic rings. The van der Waals surface area contributed by atoms with E-state index in [1.165, 1.54) is 26.4 Å². The molecule has 6 nitrogen and oxygen atoms in total. The molecule has 0 saturated carbocycles. The van der Waals surface area contributed by atoms with Crippen LogP contribution in [0.4, 0.5) is 24.5 Å². The summed E-state index contributed by atoms with van der Waals surface area (Å²) in [5, 5.41) is 17.0. The van der Waals surface area contributed by atoms with E-state index in [1.54, 1.807) is 30.0 Å². The number of hydrogen-bond acceptors (Lipinski definition) is 7. The Hall–Kier alpha value is -2.85. The van der Waals surface area contributed by atoms with Crippen molar-refractivity contribution in [2.75, 3.05) is 43.0 Å². The number of anilines is 2. The van der Waals surface area contributed by atoms with Crippen LogP contribution < -0.4 is 19.4 Å². The van der Waals surface area contributed by atoms with Gasteiger partial charge in [0.1, 0.15) is 17.2 Å². The van der Waals surface area contributed by atoms with Crippen molar-refractivity contribution < 1.29 is 27.8 Å². The molecule has 0 bridgehead atoms. The average Bonchev–Trinajstić information content (AvgIpc) is 3.56. The van der Waals surface area contributed by atoms with Crippen LogP contribution in [0, 0.1) is 0 Å². The van der Waals surface area contributed by atoms with Crippen LogP contribution in [0.5, 0.6) is 11.5 Å². The molecule has 0 spiro atoms.